The number of carbonyl (C=O) groups excluding carboxylic acids is 2. The molecule has 0 aromatic heterocycles. The van der Waals surface area contributed by atoms with Crippen LogP contribution in [-0.4, -0.2) is 23.0 Å². The van der Waals surface area contributed by atoms with E-state index in [-0.39, 0.29) is 40.9 Å². The number of ether oxygens (including phenoxy) is 1. The van der Waals surface area contributed by atoms with Crippen LogP contribution in [0.1, 0.15) is 33.1 Å². The smallest absolute Gasteiger partial charge is 0.334 e. The molecule has 102 valence electrons. The predicted octanol–water partition coefficient (Wildman–Crippen LogP) is 2.31. The Labute approximate surface area is 112 Å². The topological polar surface area (TPSA) is 63.6 Å². The lowest BCUT2D eigenvalue weighted by Crippen LogP contribution is -2.23. The van der Waals surface area contributed by atoms with Crippen molar-refractivity contribution in [3.05, 3.63) is 23.5 Å². The Morgan fingerprint density at radius 2 is 2.11 bits per heavy atom. The first-order valence-electron chi connectivity index (χ1n) is 6.70. The van der Waals surface area contributed by atoms with Gasteiger partial charge >= 0.3 is 5.97 Å². The monoisotopic (exact) mass is 262 g/mol. The first-order valence-corrected chi connectivity index (χ1v) is 6.70. The second-order valence-electron chi connectivity index (χ2n) is 6.34. The average molecular weight is 262 g/mol. The molecule has 1 aliphatic heterocycles. The van der Waals surface area contributed by atoms with E-state index in [0.717, 1.165) is 5.57 Å². The van der Waals surface area contributed by atoms with Crippen molar-refractivity contribution in [1.29, 1.82) is 0 Å². The summed E-state index contributed by atoms with van der Waals surface area (Å²) in [4.78, 5) is 23.4. The molecular weight excluding hydrogens is 244 g/mol. The summed E-state index contributed by atoms with van der Waals surface area (Å²) in [5.74, 6) is -0.543. The van der Waals surface area contributed by atoms with Crippen LogP contribution in [0.5, 0.6) is 0 Å². The first kappa shape index (κ1) is 12.5. The molecule has 4 atom stereocenters. The van der Waals surface area contributed by atoms with Crippen molar-refractivity contribution in [2.75, 3.05) is 0 Å². The molecule has 1 saturated heterocycles. The van der Waals surface area contributed by atoms with E-state index in [1.165, 1.54) is 0 Å². The molecule has 2 fully saturated rings. The maximum atomic E-state index is 11.8. The van der Waals surface area contributed by atoms with Gasteiger partial charge in [-0.1, -0.05) is 20.4 Å². The van der Waals surface area contributed by atoms with E-state index in [1.807, 2.05) is 13.8 Å². The maximum absolute atomic E-state index is 11.8. The van der Waals surface area contributed by atoms with Gasteiger partial charge in [0.25, 0.3) is 0 Å². The van der Waals surface area contributed by atoms with E-state index in [0.29, 0.717) is 24.8 Å². The molecular formula is C15H18O4. The van der Waals surface area contributed by atoms with Crippen LogP contribution < -0.4 is 0 Å². The normalized spacial score (nSPS) is 42.0. The highest BCUT2D eigenvalue weighted by atomic mass is 16.6. The number of fused-ring (bicyclic) bond motifs is 2. The van der Waals surface area contributed by atoms with Crippen molar-refractivity contribution in [3.8, 4) is 0 Å². The lowest BCUT2D eigenvalue weighted by Gasteiger charge is -2.29. The zero-order valence-corrected chi connectivity index (χ0v) is 11.2. The van der Waals surface area contributed by atoms with Gasteiger partial charge < -0.3 is 9.84 Å². The van der Waals surface area contributed by atoms with E-state index in [4.69, 9.17) is 4.74 Å². The van der Waals surface area contributed by atoms with Crippen LogP contribution in [0.3, 0.4) is 0 Å². The largest absolute Gasteiger partial charge is 0.504 e. The van der Waals surface area contributed by atoms with E-state index < -0.39 is 0 Å². The van der Waals surface area contributed by atoms with Crippen molar-refractivity contribution in [1.82, 2.24) is 0 Å². The Morgan fingerprint density at radius 1 is 1.42 bits per heavy atom. The standard InChI is InChI=1S/C15H18O4/c1-7-4-11-9(8(2)14(18)19-11)5-15(3)6-10(16)13(17)12(7)15/h7,9,11,17H,2,4-6H2,1,3H3/t7-,9-,11-,15-/m0/s1. The summed E-state index contributed by atoms with van der Waals surface area (Å²) >= 11 is 0. The molecule has 19 heavy (non-hydrogen) atoms. The minimum Gasteiger partial charge on any atom is -0.504 e. The number of esters is 1. The third-order valence-corrected chi connectivity index (χ3v) is 4.89. The molecule has 0 spiro atoms. The highest BCUT2D eigenvalue weighted by Crippen LogP contribution is 2.54. The molecule has 0 unspecified atom stereocenters. The van der Waals surface area contributed by atoms with E-state index in [2.05, 4.69) is 6.58 Å². The van der Waals surface area contributed by atoms with E-state index >= 15 is 0 Å². The maximum Gasteiger partial charge on any atom is 0.334 e. The van der Waals surface area contributed by atoms with Gasteiger partial charge in [-0.3, -0.25) is 4.79 Å². The minimum absolute atomic E-state index is 0.0313. The molecule has 3 aliphatic rings. The fourth-order valence-electron chi connectivity index (χ4n) is 4.07. The third-order valence-electron chi connectivity index (χ3n) is 4.89. The summed E-state index contributed by atoms with van der Waals surface area (Å²) in [5, 5.41) is 10.0. The number of rotatable bonds is 0. The number of carbonyl (C=O) groups is 2. The van der Waals surface area contributed by atoms with Crippen molar-refractivity contribution in [2.45, 2.75) is 39.2 Å². The number of hydrogen-bond donors (Lipinski definition) is 1. The third kappa shape index (κ3) is 1.58. The van der Waals surface area contributed by atoms with Crippen LogP contribution in [-0.2, 0) is 14.3 Å². The fraction of sp³-hybridized carbons (Fsp3) is 0.600. The summed E-state index contributed by atoms with van der Waals surface area (Å²) in [6.45, 7) is 7.82. The van der Waals surface area contributed by atoms with Crippen molar-refractivity contribution in [3.63, 3.8) is 0 Å². The van der Waals surface area contributed by atoms with Gasteiger partial charge in [0.2, 0.25) is 0 Å². The first-order chi connectivity index (χ1) is 8.83. The molecule has 0 aromatic rings. The van der Waals surface area contributed by atoms with Gasteiger partial charge in [0, 0.05) is 23.3 Å². The molecule has 4 heteroatoms. The SMILES string of the molecule is C=C1C(=O)O[C@H]2C[C@H](C)C3=C(O)C(=O)C[C@]3(C)C[C@@H]12. The Kier molecular flexibility index (Phi) is 2.43. The molecule has 2 aliphatic carbocycles. The predicted molar refractivity (Wildman–Crippen MR) is 68.3 cm³/mol. The number of aliphatic hydroxyl groups excluding tert-OH is 1. The molecule has 3 rings (SSSR count). The molecule has 0 amide bonds. The zero-order chi connectivity index (χ0) is 13.9. The van der Waals surface area contributed by atoms with Gasteiger partial charge in [-0.15, -0.1) is 0 Å². The number of hydrogen-bond acceptors (Lipinski definition) is 4. The van der Waals surface area contributed by atoms with Gasteiger partial charge in [0.05, 0.1) is 0 Å². The van der Waals surface area contributed by atoms with Crippen LogP contribution in [0.2, 0.25) is 0 Å². The summed E-state index contributed by atoms with van der Waals surface area (Å²) in [7, 11) is 0. The lowest BCUT2D eigenvalue weighted by atomic mass is 9.73. The number of aliphatic hydroxyl groups is 1. The lowest BCUT2D eigenvalue weighted by molar-refractivity contribution is -0.139. The number of ketones is 1. The van der Waals surface area contributed by atoms with Crippen LogP contribution in [0.25, 0.3) is 0 Å². The van der Waals surface area contributed by atoms with Crippen LogP contribution in [0.4, 0.5) is 0 Å². The van der Waals surface area contributed by atoms with Gasteiger partial charge in [-0.25, -0.2) is 4.79 Å². The van der Waals surface area contributed by atoms with E-state index in [1.54, 1.807) is 0 Å². The minimum atomic E-state index is -0.364. The summed E-state index contributed by atoms with van der Waals surface area (Å²) < 4.78 is 5.37. The molecule has 0 aromatic carbocycles. The van der Waals surface area contributed by atoms with Crippen molar-refractivity contribution >= 4 is 11.8 Å². The van der Waals surface area contributed by atoms with Crippen LogP contribution >= 0.6 is 0 Å². The van der Waals surface area contributed by atoms with Gasteiger partial charge in [0.15, 0.2) is 11.5 Å². The summed E-state index contributed by atoms with van der Waals surface area (Å²) in [5.41, 5.74) is 0.992. The second-order valence-corrected chi connectivity index (χ2v) is 6.34. The quantitative estimate of drug-likeness (QED) is 0.537. The number of allylic oxidation sites excluding steroid dienone is 2. The van der Waals surface area contributed by atoms with Gasteiger partial charge in [-0.2, -0.15) is 0 Å². The molecule has 0 bridgehead atoms. The van der Waals surface area contributed by atoms with Crippen molar-refractivity contribution < 1.29 is 19.4 Å². The average Bonchev–Trinajstić information content (AvgIpc) is 2.63. The molecule has 0 radical (unpaired) electrons. The Bertz CT molecular complexity index is 530. The van der Waals surface area contributed by atoms with Gasteiger partial charge in [0.1, 0.15) is 6.10 Å². The summed E-state index contributed by atoms with van der Waals surface area (Å²) in [6.07, 6.45) is 1.46. The van der Waals surface area contributed by atoms with E-state index in [9.17, 15) is 14.7 Å². The Hall–Kier alpha value is -1.58. The zero-order valence-electron chi connectivity index (χ0n) is 11.2. The van der Waals surface area contributed by atoms with Crippen LogP contribution in [0, 0.1) is 17.3 Å². The molecule has 1 heterocycles. The van der Waals surface area contributed by atoms with Crippen molar-refractivity contribution in [2.24, 2.45) is 17.3 Å². The second kappa shape index (κ2) is 3.71. The summed E-state index contributed by atoms with van der Waals surface area (Å²) in [6, 6.07) is 0. The Morgan fingerprint density at radius 3 is 2.79 bits per heavy atom. The fourth-order valence-corrected chi connectivity index (χ4v) is 4.07. The number of Topliss-reactive ketones (excluding diaryl/α,β-unsaturated/α-hetero) is 1. The molecule has 4 nitrogen and oxygen atoms in total. The highest BCUT2D eigenvalue weighted by molar-refractivity contribution is 5.98. The van der Waals surface area contributed by atoms with Crippen LogP contribution in [0.15, 0.2) is 23.5 Å². The molecule has 1 saturated carbocycles. The highest BCUT2D eigenvalue weighted by Gasteiger charge is 2.53. The Balaban J connectivity index is 2.05. The van der Waals surface area contributed by atoms with Gasteiger partial charge in [-0.05, 0) is 24.3 Å². The molecule has 1 N–H and O–H groups in total.